The molecule has 0 radical (unpaired) electrons. The Labute approximate surface area is 103 Å². The molecule has 2 atom stereocenters. The molecule has 1 heterocycles. The van der Waals surface area contributed by atoms with Gasteiger partial charge in [0.1, 0.15) is 0 Å². The van der Waals surface area contributed by atoms with Gasteiger partial charge < -0.3 is 11.1 Å². The summed E-state index contributed by atoms with van der Waals surface area (Å²) in [5.41, 5.74) is 5.69. The third-order valence-electron chi connectivity index (χ3n) is 3.07. The highest BCUT2D eigenvalue weighted by molar-refractivity contribution is 8.01. The Morgan fingerprint density at radius 1 is 1.56 bits per heavy atom. The van der Waals surface area contributed by atoms with Gasteiger partial charge >= 0.3 is 0 Å². The molecular formula is C12H24N2OS. The second-order valence-corrected chi connectivity index (χ2v) is 6.82. The lowest BCUT2D eigenvalue weighted by Crippen LogP contribution is -2.48. The minimum atomic E-state index is -0.218. The van der Waals surface area contributed by atoms with Crippen molar-refractivity contribution in [2.45, 2.75) is 50.8 Å². The molecule has 3 N–H and O–H groups in total. The number of amides is 1. The molecule has 94 valence electrons. The van der Waals surface area contributed by atoms with Crippen LogP contribution in [0.1, 0.15) is 40.0 Å². The van der Waals surface area contributed by atoms with E-state index in [1.165, 1.54) is 0 Å². The Morgan fingerprint density at radius 3 is 2.69 bits per heavy atom. The minimum absolute atomic E-state index is 0.130. The van der Waals surface area contributed by atoms with Gasteiger partial charge in [0.25, 0.3) is 0 Å². The zero-order valence-corrected chi connectivity index (χ0v) is 11.4. The van der Waals surface area contributed by atoms with Crippen LogP contribution in [0, 0.1) is 5.92 Å². The molecule has 0 aromatic heterocycles. The number of carbonyl (C=O) groups is 1. The fourth-order valence-electron chi connectivity index (χ4n) is 2.08. The topological polar surface area (TPSA) is 55.1 Å². The quantitative estimate of drug-likeness (QED) is 0.775. The molecule has 1 saturated heterocycles. The lowest BCUT2D eigenvalue weighted by atomic mass is 10.0. The van der Waals surface area contributed by atoms with Crippen molar-refractivity contribution < 1.29 is 4.79 Å². The Balaban J connectivity index is 2.48. The monoisotopic (exact) mass is 244 g/mol. The van der Waals surface area contributed by atoms with Gasteiger partial charge in [-0.15, -0.1) is 11.8 Å². The summed E-state index contributed by atoms with van der Waals surface area (Å²) in [6.45, 7) is 6.88. The first-order valence-corrected chi connectivity index (χ1v) is 7.11. The predicted molar refractivity (Wildman–Crippen MR) is 70.5 cm³/mol. The van der Waals surface area contributed by atoms with Crippen LogP contribution in [-0.2, 0) is 4.79 Å². The molecule has 0 aromatic carbocycles. The van der Waals surface area contributed by atoms with Crippen LogP contribution in [0.5, 0.6) is 0 Å². The molecule has 0 saturated carbocycles. The number of thioether (sulfide) groups is 1. The molecule has 1 amide bonds. The van der Waals surface area contributed by atoms with Crippen molar-refractivity contribution in [1.29, 1.82) is 0 Å². The van der Waals surface area contributed by atoms with E-state index in [0.717, 1.165) is 25.0 Å². The Hall–Kier alpha value is -0.220. The van der Waals surface area contributed by atoms with Gasteiger partial charge in [-0.1, -0.05) is 13.8 Å². The van der Waals surface area contributed by atoms with Crippen molar-refractivity contribution in [2.24, 2.45) is 11.7 Å². The zero-order chi connectivity index (χ0) is 12.2. The van der Waals surface area contributed by atoms with Gasteiger partial charge in [-0.2, -0.15) is 0 Å². The van der Waals surface area contributed by atoms with Gasteiger partial charge in [0.05, 0.1) is 4.75 Å². The van der Waals surface area contributed by atoms with E-state index in [1.807, 2.05) is 6.92 Å². The molecular weight excluding hydrogens is 220 g/mol. The Bertz CT molecular complexity index is 237. The third kappa shape index (κ3) is 3.67. The SMILES string of the molecule is CC(C)CC(CN)NC(=O)C1(C)CCCS1. The molecule has 1 aliphatic heterocycles. The number of hydrogen-bond acceptors (Lipinski definition) is 3. The van der Waals surface area contributed by atoms with Crippen LogP contribution in [0.25, 0.3) is 0 Å². The second kappa shape index (κ2) is 5.92. The van der Waals surface area contributed by atoms with Crippen LogP contribution in [0.15, 0.2) is 0 Å². The van der Waals surface area contributed by atoms with Crippen LogP contribution >= 0.6 is 11.8 Å². The molecule has 1 rings (SSSR count). The van der Waals surface area contributed by atoms with E-state index in [-0.39, 0.29) is 16.7 Å². The molecule has 0 aromatic rings. The van der Waals surface area contributed by atoms with Gasteiger partial charge in [0.2, 0.25) is 5.91 Å². The van der Waals surface area contributed by atoms with Gasteiger partial charge in [-0.3, -0.25) is 4.79 Å². The average Bonchev–Trinajstić information content (AvgIpc) is 2.64. The molecule has 1 fully saturated rings. The molecule has 0 aliphatic carbocycles. The summed E-state index contributed by atoms with van der Waals surface area (Å²) in [4.78, 5) is 12.1. The maximum absolute atomic E-state index is 12.1. The Morgan fingerprint density at radius 2 is 2.25 bits per heavy atom. The van der Waals surface area contributed by atoms with Gasteiger partial charge in [-0.05, 0) is 37.9 Å². The van der Waals surface area contributed by atoms with E-state index in [4.69, 9.17) is 5.73 Å². The number of hydrogen-bond donors (Lipinski definition) is 2. The molecule has 16 heavy (non-hydrogen) atoms. The first-order chi connectivity index (χ1) is 7.48. The predicted octanol–water partition coefficient (Wildman–Crippen LogP) is 1.76. The largest absolute Gasteiger partial charge is 0.351 e. The van der Waals surface area contributed by atoms with Gasteiger partial charge in [0.15, 0.2) is 0 Å². The van der Waals surface area contributed by atoms with E-state index in [9.17, 15) is 4.79 Å². The maximum atomic E-state index is 12.1. The number of rotatable bonds is 5. The van der Waals surface area contributed by atoms with Crippen molar-refractivity contribution in [2.75, 3.05) is 12.3 Å². The second-order valence-electron chi connectivity index (χ2n) is 5.22. The summed E-state index contributed by atoms with van der Waals surface area (Å²) in [7, 11) is 0. The van der Waals surface area contributed by atoms with E-state index in [1.54, 1.807) is 11.8 Å². The highest BCUT2D eigenvalue weighted by atomic mass is 32.2. The highest BCUT2D eigenvalue weighted by Gasteiger charge is 2.37. The zero-order valence-electron chi connectivity index (χ0n) is 10.6. The van der Waals surface area contributed by atoms with E-state index in [0.29, 0.717) is 12.5 Å². The van der Waals surface area contributed by atoms with Crippen LogP contribution in [0.3, 0.4) is 0 Å². The van der Waals surface area contributed by atoms with Crippen LogP contribution in [0.2, 0.25) is 0 Å². The summed E-state index contributed by atoms with van der Waals surface area (Å²) in [5, 5.41) is 3.10. The van der Waals surface area contributed by atoms with Crippen LogP contribution < -0.4 is 11.1 Å². The maximum Gasteiger partial charge on any atom is 0.236 e. The lowest BCUT2D eigenvalue weighted by Gasteiger charge is -2.26. The van der Waals surface area contributed by atoms with Crippen molar-refractivity contribution in [1.82, 2.24) is 5.32 Å². The average molecular weight is 244 g/mol. The summed E-state index contributed by atoms with van der Waals surface area (Å²) in [6.07, 6.45) is 3.09. The minimum Gasteiger partial charge on any atom is -0.351 e. The van der Waals surface area contributed by atoms with Crippen molar-refractivity contribution in [3.63, 3.8) is 0 Å². The first kappa shape index (κ1) is 13.8. The Kier molecular flexibility index (Phi) is 5.12. The fraction of sp³-hybridized carbons (Fsp3) is 0.917. The molecule has 1 aliphatic rings. The summed E-state index contributed by atoms with van der Waals surface area (Å²) < 4.78 is -0.218. The van der Waals surface area contributed by atoms with Gasteiger partial charge in [0, 0.05) is 12.6 Å². The van der Waals surface area contributed by atoms with Crippen LogP contribution in [0.4, 0.5) is 0 Å². The number of nitrogens with one attached hydrogen (secondary N) is 1. The normalized spacial score (nSPS) is 27.1. The van der Waals surface area contributed by atoms with Crippen LogP contribution in [-0.4, -0.2) is 29.0 Å². The van der Waals surface area contributed by atoms with Gasteiger partial charge in [-0.25, -0.2) is 0 Å². The number of nitrogens with two attached hydrogens (primary N) is 1. The summed E-state index contributed by atoms with van der Waals surface area (Å²) >= 11 is 1.77. The summed E-state index contributed by atoms with van der Waals surface area (Å²) in [5.74, 6) is 1.84. The number of carbonyl (C=O) groups excluding carboxylic acids is 1. The third-order valence-corrected chi connectivity index (χ3v) is 4.59. The smallest absolute Gasteiger partial charge is 0.236 e. The molecule has 2 unspecified atom stereocenters. The van der Waals surface area contributed by atoms with Crippen molar-refractivity contribution in [3.8, 4) is 0 Å². The van der Waals surface area contributed by atoms with E-state index in [2.05, 4.69) is 19.2 Å². The summed E-state index contributed by atoms with van der Waals surface area (Å²) in [6, 6.07) is 0.130. The standard InChI is InChI=1S/C12H24N2OS/c1-9(2)7-10(8-13)14-11(15)12(3)5-4-6-16-12/h9-10H,4-8,13H2,1-3H3,(H,14,15). The van der Waals surface area contributed by atoms with Crippen molar-refractivity contribution in [3.05, 3.63) is 0 Å². The molecule has 0 bridgehead atoms. The highest BCUT2D eigenvalue weighted by Crippen LogP contribution is 2.37. The lowest BCUT2D eigenvalue weighted by molar-refractivity contribution is -0.123. The molecule has 0 spiro atoms. The first-order valence-electron chi connectivity index (χ1n) is 6.13. The molecule has 4 heteroatoms. The van der Waals surface area contributed by atoms with Crippen molar-refractivity contribution >= 4 is 17.7 Å². The van der Waals surface area contributed by atoms with E-state index >= 15 is 0 Å². The van der Waals surface area contributed by atoms with E-state index < -0.39 is 0 Å². The fourth-order valence-corrected chi connectivity index (χ4v) is 3.30. The molecule has 3 nitrogen and oxygen atoms in total.